The van der Waals surface area contributed by atoms with Gasteiger partial charge in [0.15, 0.2) is 0 Å². The summed E-state index contributed by atoms with van der Waals surface area (Å²) in [7, 11) is 0. The lowest BCUT2D eigenvalue weighted by Crippen LogP contribution is -1.99. The lowest BCUT2D eigenvalue weighted by atomic mass is 10.1. The Kier molecular flexibility index (Phi) is 4.69. The zero-order valence-electron chi connectivity index (χ0n) is 11.0. The Labute approximate surface area is 125 Å². The van der Waals surface area contributed by atoms with Crippen LogP contribution in [-0.2, 0) is 17.6 Å². The Bertz CT molecular complexity index is 711. The van der Waals surface area contributed by atoms with E-state index in [0.29, 0.717) is 10.7 Å². The van der Waals surface area contributed by atoms with Gasteiger partial charge in [-0.05, 0) is 35.4 Å². The molecule has 0 amide bonds. The number of carboxylic acid groups (broad SMARTS) is 1. The van der Waals surface area contributed by atoms with Gasteiger partial charge in [0.2, 0.25) is 10.8 Å². The van der Waals surface area contributed by atoms with Gasteiger partial charge in [0, 0.05) is 12.3 Å². The lowest BCUT2D eigenvalue weighted by molar-refractivity contribution is -0.135. The van der Waals surface area contributed by atoms with Crippen molar-refractivity contribution in [2.75, 3.05) is 0 Å². The number of rotatable bonds is 5. The molecule has 106 valence electrons. The second-order valence-corrected chi connectivity index (χ2v) is 5.18. The Morgan fingerprint density at radius 1 is 1.33 bits per heavy atom. The molecule has 0 aromatic carbocycles. The van der Waals surface area contributed by atoms with E-state index < -0.39 is 11.7 Å². The van der Waals surface area contributed by atoms with Gasteiger partial charge in [-0.25, -0.2) is 9.64 Å². The van der Waals surface area contributed by atoms with E-state index in [0.717, 1.165) is 30.0 Å². The number of aromatic nitrogens is 1. The van der Waals surface area contributed by atoms with E-state index >= 15 is 0 Å². The minimum Gasteiger partial charge on any atom is -0.502 e. The Morgan fingerprint density at radius 2 is 2.14 bits per heavy atom. The van der Waals surface area contributed by atoms with Crippen molar-refractivity contribution in [2.24, 2.45) is 0 Å². The Morgan fingerprint density at radius 3 is 2.76 bits per heavy atom. The summed E-state index contributed by atoms with van der Waals surface area (Å²) in [5.74, 6) is -2.12. The first-order chi connectivity index (χ1) is 10.1. The number of carbonyl (C=O) groups is 1. The maximum atomic E-state index is 10.5. The highest BCUT2D eigenvalue weighted by Gasteiger charge is 2.06. The fourth-order valence-electron chi connectivity index (χ4n) is 1.77. The molecule has 2 rings (SSSR count). The van der Waals surface area contributed by atoms with Gasteiger partial charge >= 0.3 is 5.97 Å². The molecule has 0 saturated carbocycles. The highest BCUT2D eigenvalue weighted by Crippen LogP contribution is 2.27. The second-order valence-electron chi connectivity index (χ2n) is 4.29. The van der Waals surface area contributed by atoms with Crippen molar-refractivity contribution in [1.82, 2.24) is 4.98 Å². The van der Waals surface area contributed by atoms with Crippen molar-refractivity contribution in [2.45, 2.75) is 12.8 Å². The van der Waals surface area contributed by atoms with E-state index in [1.165, 1.54) is 11.3 Å². The summed E-state index contributed by atoms with van der Waals surface area (Å²) in [6, 6.07) is 5.43. The highest BCUT2D eigenvalue weighted by atomic mass is 32.1. The number of pyridine rings is 1. The fraction of sp³-hybridized carbons (Fsp3) is 0.133. The Hall–Kier alpha value is -2.65. The van der Waals surface area contributed by atoms with E-state index in [9.17, 15) is 4.79 Å². The number of carboxylic acids is 1. The standard InChI is InChI=1S/C15H12N2O3S/c1-16-14-11(6-7-21-14)4-2-10-3-5-12(17-9-10)8-13(18)15(19)20/h3,5-9,18H,2,4H2,(H,19,20)/b13-8-. The average molecular weight is 300 g/mol. The molecule has 0 atom stereocenters. The van der Waals surface area contributed by atoms with Gasteiger partial charge in [-0.3, -0.25) is 4.98 Å². The predicted octanol–water partition coefficient (Wildman–Crippen LogP) is 3.46. The molecule has 0 radical (unpaired) electrons. The van der Waals surface area contributed by atoms with Crippen LogP contribution in [0.1, 0.15) is 16.8 Å². The molecular weight excluding hydrogens is 288 g/mol. The summed E-state index contributed by atoms with van der Waals surface area (Å²) >= 11 is 1.44. The number of aliphatic carboxylic acids is 1. The van der Waals surface area contributed by atoms with Crippen molar-refractivity contribution in [3.63, 3.8) is 0 Å². The molecule has 0 aliphatic carbocycles. The van der Waals surface area contributed by atoms with Gasteiger partial charge in [0.25, 0.3) is 0 Å². The van der Waals surface area contributed by atoms with Crippen LogP contribution < -0.4 is 0 Å². The number of hydrogen-bond donors (Lipinski definition) is 2. The molecule has 2 aromatic rings. The zero-order valence-corrected chi connectivity index (χ0v) is 11.8. The van der Waals surface area contributed by atoms with Gasteiger partial charge in [0.05, 0.1) is 12.3 Å². The van der Waals surface area contributed by atoms with E-state index in [-0.39, 0.29) is 0 Å². The molecule has 6 heteroatoms. The quantitative estimate of drug-likeness (QED) is 0.504. The van der Waals surface area contributed by atoms with Gasteiger partial charge in [0.1, 0.15) is 0 Å². The third-order valence-electron chi connectivity index (χ3n) is 2.86. The van der Waals surface area contributed by atoms with E-state index in [2.05, 4.69) is 9.83 Å². The zero-order chi connectivity index (χ0) is 15.2. The van der Waals surface area contributed by atoms with Crippen molar-refractivity contribution >= 4 is 28.4 Å². The van der Waals surface area contributed by atoms with Crippen molar-refractivity contribution < 1.29 is 15.0 Å². The van der Waals surface area contributed by atoms with E-state index in [1.54, 1.807) is 12.3 Å². The minimum atomic E-state index is -1.38. The average Bonchev–Trinajstić information content (AvgIpc) is 2.94. The molecular formula is C15H12N2O3S. The molecule has 2 aromatic heterocycles. The summed E-state index contributed by atoms with van der Waals surface area (Å²) in [5, 5.41) is 20.3. The van der Waals surface area contributed by atoms with Crippen LogP contribution in [0, 0.1) is 6.57 Å². The number of nitrogens with zero attached hydrogens (tertiary/aromatic N) is 2. The predicted molar refractivity (Wildman–Crippen MR) is 80.5 cm³/mol. The Balaban J connectivity index is 2.02. The van der Waals surface area contributed by atoms with Gasteiger partial charge in [-0.2, -0.15) is 11.3 Å². The molecule has 0 unspecified atom stereocenters. The molecule has 0 aliphatic heterocycles. The van der Waals surface area contributed by atoms with Crippen molar-refractivity contribution in [1.29, 1.82) is 0 Å². The van der Waals surface area contributed by atoms with Crippen molar-refractivity contribution in [3.8, 4) is 0 Å². The molecule has 21 heavy (non-hydrogen) atoms. The first-order valence-corrected chi connectivity index (χ1v) is 7.01. The highest BCUT2D eigenvalue weighted by molar-refractivity contribution is 7.14. The molecule has 2 heterocycles. The van der Waals surface area contributed by atoms with Crippen LogP contribution in [0.4, 0.5) is 5.00 Å². The van der Waals surface area contributed by atoms with Gasteiger partial charge in [-0.15, -0.1) is 0 Å². The normalized spacial score (nSPS) is 11.1. The SMILES string of the molecule is [C-]#[N+]c1sccc1CCc1ccc(/C=C(\O)C(=O)O)nc1. The summed E-state index contributed by atoms with van der Waals surface area (Å²) in [5.41, 5.74) is 2.41. The van der Waals surface area contributed by atoms with Gasteiger partial charge in [-0.1, -0.05) is 12.1 Å². The maximum absolute atomic E-state index is 10.5. The summed E-state index contributed by atoms with van der Waals surface area (Å²) < 4.78 is 0. The maximum Gasteiger partial charge on any atom is 0.371 e. The fourth-order valence-corrected chi connectivity index (χ4v) is 2.50. The summed E-state index contributed by atoms with van der Waals surface area (Å²) in [6.07, 6.45) is 4.26. The first kappa shape index (κ1) is 14.8. The first-order valence-electron chi connectivity index (χ1n) is 6.13. The summed E-state index contributed by atoms with van der Waals surface area (Å²) in [4.78, 5) is 18.0. The molecule has 0 spiro atoms. The van der Waals surface area contributed by atoms with Crippen LogP contribution in [0.2, 0.25) is 0 Å². The van der Waals surface area contributed by atoms with Crippen LogP contribution in [0.15, 0.2) is 35.5 Å². The third-order valence-corrected chi connectivity index (χ3v) is 3.71. The van der Waals surface area contributed by atoms with E-state index in [4.69, 9.17) is 16.8 Å². The molecule has 0 saturated heterocycles. The van der Waals surface area contributed by atoms with Crippen LogP contribution in [-0.4, -0.2) is 21.2 Å². The number of aliphatic hydroxyl groups excluding tert-OH is 1. The van der Waals surface area contributed by atoms with Crippen LogP contribution in [0.25, 0.3) is 10.9 Å². The van der Waals surface area contributed by atoms with Gasteiger partial charge < -0.3 is 10.2 Å². The minimum absolute atomic E-state index is 0.385. The monoisotopic (exact) mass is 300 g/mol. The third kappa shape index (κ3) is 3.91. The van der Waals surface area contributed by atoms with E-state index in [1.807, 2.05) is 17.5 Å². The summed E-state index contributed by atoms with van der Waals surface area (Å²) in [6.45, 7) is 7.06. The van der Waals surface area contributed by atoms with Crippen LogP contribution in [0.5, 0.6) is 0 Å². The number of hydrogen-bond acceptors (Lipinski definition) is 4. The molecule has 0 fully saturated rings. The number of aliphatic hydroxyl groups is 1. The molecule has 2 N–H and O–H groups in total. The number of thiophene rings is 1. The second kappa shape index (κ2) is 6.68. The van der Waals surface area contributed by atoms with Crippen LogP contribution >= 0.6 is 11.3 Å². The topological polar surface area (TPSA) is 74.8 Å². The molecule has 0 aliphatic rings. The van der Waals surface area contributed by atoms with Crippen molar-refractivity contribution in [3.05, 3.63) is 63.8 Å². The largest absolute Gasteiger partial charge is 0.502 e. The lowest BCUT2D eigenvalue weighted by Gasteiger charge is -2.01. The smallest absolute Gasteiger partial charge is 0.371 e. The van der Waals surface area contributed by atoms with Crippen LogP contribution in [0.3, 0.4) is 0 Å². The molecule has 5 nitrogen and oxygen atoms in total. The number of aryl methyl sites for hydroxylation is 2. The molecule has 0 bridgehead atoms.